The molecule has 1 aromatic heterocycles. The van der Waals surface area contributed by atoms with Gasteiger partial charge in [-0.1, -0.05) is 43.2 Å². The quantitative estimate of drug-likeness (QED) is 0.452. The van der Waals surface area contributed by atoms with E-state index in [1.165, 1.54) is 30.7 Å². The molecule has 158 valence electrons. The van der Waals surface area contributed by atoms with Crippen molar-refractivity contribution in [1.82, 2.24) is 4.98 Å². The number of aliphatic hydroxyl groups is 1. The monoisotopic (exact) mass is 448 g/mol. The van der Waals surface area contributed by atoms with E-state index in [2.05, 4.69) is 24.1 Å². The van der Waals surface area contributed by atoms with Gasteiger partial charge in [-0.25, -0.2) is 4.98 Å². The molecule has 3 aromatic rings. The molecule has 0 aliphatic carbocycles. The first-order chi connectivity index (χ1) is 13.7. The number of nitrogens with zero attached hydrogens (tertiary/aromatic N) is 1. The molecule has 1 heterocycles. The summed E-state index contributed by atoms with van der Waals surface area (Å²) in [5, 5.41) is 19.5. The highest BCUT2D eigenvalue weighted by atomic mass is 35.5. The number of anilines is 1. The number of aliphatic hydroxyl groups excluding tert-OH is 1. The minimum absolute atomic E-state index is 0.0577. The molecular weight excluding hydrogens is 429 g/mol. The molecule has 0 radical (unpaired) electrons. The molecule has 29 heavy (non-hydrogen) atoms. The zero-order valence-electron chi connectivity index (χ0n) is 15.8. The Bertz CT molecular complexity index is 962. The van der Waals surface area contributed by atoms with Crippen molar-refractivity contribution in [2.24, 2.45) is 0 Å². The molecule has 0 unspecified atom stereocenters. The van der Waals surface area contributed by atoms with Gasteiger partial charge in [-0.3, -0.25) is 10.1 Å². The van der Waals surface area contributed by atoms with Gasteiger partial charge in [0.2, 0.25) is 0 Å². The van der Waals surface area contributed by atoms with Gasteiger partial charge in [0.1, 0.15) is 5.75 Å². The van der Waals surface area contributed by atoms with E-state index in [0.717, 1.165) is 30.6 Å². The lowest BCUT2D eigenvalue weighted by atomic mass is 10.2. The summed E-state index contributed by atoms with van der Waals surface area (Å²) in [6.07, 6.45) is -3.20. The minimum atomic E-state index is -4.45. The van der Waals surface area contributed by atoms with Gasteiger partial charge in [0.05, 0.1) is 21.3 Å². The van der Waals surface area contributed by atoms with Crippen LogP contribution in [0.15, 0.2) is 36.4 Å². The molecule has 0 aliphatic heterocycles. The number of phenolic OH excluding ortho intramolecular Hbond substituents is 1. The van der Waals surface area contributed by atoms with Gasteiger partial charge in [0.15, 0.2) is 5.13 Å². The highest BCUT2D eigenvalue weighted by molar-refractivity contribution is 7.22. The Hall–Kier alpha value is -2.36. The standard InChI is InChI=1S/C15H8ClF3N2O2S.C3H8.CH4O/c16-8-2-4-11(22)9(6-8)13(23)21-14-20-10-3-1-7(15(17,18)19)5-12(10)24-14;1-3-2;1-2/h1-6,22H,(H,20,21,23);3H2,1-2H3;2H,1H3. The number of hydrogen-bond acceptors (Lipinski definition) is 5. The zero-order valence-corrected chi connectivity index (χ0v) is 17.4. The average Bonchev–Trinajstić information content (AvgIpc) is 3.06. The molecule has 0 atom stereocenters. The largest absolute Gasteiger partial charge is 0.507 e. The fourth-order valence-electron chi connectivity index (χ4n) is 2.01. The van der Waals surface area contributed by atoms with Crippen molar-refractivity contribution in [2.45, 2.75) is 26.4 Å². The van der Waals surface area contributed by atoms with Gasteiger partial charge in [0, 0.05) is 12.1 Å². The minimum Gasteiger partial charge on any atom is -0.507 e. The number of hydrogen-bond donors (Lipinski definition) is 3. The number of thiazole rings is 1. The summed E-state index contributed by atoms with van der Waals surface area (Å²) in [4.78, 5) is 16.2. The number of nitrogens with one attached hydrogen (secondary N) is 1. The number of alkyl halides is 3. The first-order valence-corrected chi connectivity index (χ1v) is 9.57. The second-order valence-electron chi connectivity index (χ2n) is 5.52. The molecular formula is C19H20ClF3N2O3S. The smallest absolute Gasteiger partial charge is 0.416 e. The predicted molar refractivity (Wildman–Crippen MR) is 110 cm³/mol. The summed E-state index contributed by atoms with van der Waals surface area (Å²) in [6, 6.07) is 7.10. The maximum atomic E-state index is 12.7. The van der Waals surface area contributed by atoms with Crippen molar-refractivity contribution in [3.63, 3.8) is 0 Å². The molecule has 0 saturated heterocycles. The lowest BCUT2D eigenvalue weighted by molar-refractivity contribution is -0.137. The van der Waals surface area contributed by atoms with Gasteiger partial charge in [-0.2, -0.15) is 13.2 Å². The zero-order chi connectivity index (χ0) is 22.2. The van der Waals surface area contributed by atoms with E-state index in [-0.39, 0.29) is 26.2 Å². The summed E-state index contributed by atoms with van der Waals surface area (Å²) in [6.45, 7) is 4.25. The predicted octanol–water partition coefficient (Wildman–Crippen LogP) is 5.95. The normalized spacial score (nSPS) is 10.5. The number of aromatic nitrogens is 1. The Morgan fingerprint density at radius 1 is 1.17 bits per heavy atom. The number of halogens is 4. The third-order valence-electron chi connectivity index (χ3n) is 3.14. The molecule has 3 N–H and O–H groups in total. The molecule has 10 heteroatoms. The van der Waals surface area contributed by atoms with Crippen LogP contribution in [0.1, 0.15) is 36.2 Å². The maximum absolute atomic E-state index is 12.7. The third kappa shape index (κ3) is 6.88. The lowest BCUT2D eigenvalue weighted by Gasteiger charge is -2.04. The van der Waals surface area contributed by atoms with Gasteiger partial charge >= 0.3 is 6.18 Å². The van der Waals surface area contributed by atoms with E-state index in [0.29, 0.717) is 5.52 Å². The summed E-state index contributed by atoms with van der Waals surface area (Å²) >= 11 is 6.68. The van der Waals surface area contributed by atoms with Crippen LogP contribution in [0.5, 0.6) is 5.75 Å². The van der Waals surface area contributed by atoms with Crippen LogP contribution in [0.25, 0.3) is 10.2 Å². The van der Waals surface area contributed by atoms with Gasteiger partial charge in [-0.15, -0.1) is 0 Å². The number of benzene rings is 2. The van der Waals surface area contributed by atoms with Gasteiger partial charge in [0.25, 0.3) is 5.91 Å². The molecule has 5 nitrogen and oxygen atoms in total. The van der Waals surface area contributed by atoms with Crippen LogP contribution < -0.4 is 5.32 Å². The van der Waals surface area contributed by atoms with Crippen molar-refractivity contribution in [1.29, 1.82) is 0 Å². The number of rotatable bonds is 2. The molecule has 0 fully saturated rings. The second kappa shape index (κ2) is 11.0. The van der Waals surface area contributed by atoms with Crippen molar-refractivity contribution in [3.8, 4) is 5.75 Å². The molecule has 1 amide bonds. The lowest BCUT2D eigenvalue weighted by Crippen LogP contribution is -2.11. The Labute approximate surface area is 174 Å². The highest BCUT2D eigenvalue weighted by Crippen LogP contribution is 2.34. The molecule has 0 bridgehead atoms. The Balaban J connectivity index is 0.000000771. The van der Waals surface area contributed by atoms with Crippen molar-refractivity contribution in [3.05, 3.63) is 52.5 Å². The molecule has 0 saturated carbocycles. The van der Waals surface area contributed by atoms with Crippen molar-refractivity contribution in [2.75, 3.05) is 12.4 Å². The van der Waals surface area contributed by atoms with Crippen molar-refractivity contribution >= 4 is 44.2 Å². The summed E-state index contributed by atoms with van der Waals surface area (Å²) in [5.41, 5.74) is -0.514. The van der Waals surface area contributed by atoms with Crippen LogP contribution in [-0.2, 0) is 6.18 Å². The number of phenols is 1. The van der Waals surface area contributed by atoms with Crippen LogP contribution in [0.2, 0.25) is 5.02 Å². The summed E-state index contributed by atoms with van der Waals surface area (Å²) in [7, 11) is 1.00. The number of carbonyl (C=O) groups is 1. The maximum Gasteiger partial charge on any atom is 0.416 e. The second-order valence-corrected chi connectivity index (χ2v) is 6.99. The fourth-order valence-corrected chi connectivity index (χ4v) is 3.08. The van der Waals surface area contributed by atoms with Crippen LogP contribution >= 0.6 is 22.9 Å². The first kappa shape index (κ1) is 24.7. The first-order valence-electron chi connectivity index (χ1n) is 8.38. The number of carbonyl (C=O) groups excluding carboxylic acids is 1. The van der Waals surface area contributed by atoms with E-state index in [1.54, 1.807) is 0 Å². The van der Waals surface area contributed by atoms with Crippen LogP contribution in [0.3, 0.4) is 0 Å². The summed E-state index contributed by atoms with van der Waals surface area (Å²) in [5.74, 6) is -0.928. The van der Waals surface area contributed by atoms with E-state index < -0.39 is 17.6 Å². The molecule has 2 aromatic carbocycles. The topological polar surface area (TPSA) is 82.5 Å². The van der Waals surface area contributed by atoms with Crippen LogP contribution in [0.4, 0.5) is 18.3 Å². The van der Waals surface area contributed by atoms with Crippen LogP contribution in [0, 0.1) is 0 Å². The third-order valence-corrected chi connectivity index (χ3v) is 4.31. The van der Waals surface area contributed by atoms with Gasteiger partial charge in [-0.05, 0) is 36.4 Å². The van der Waals surface area contributed by atoms with Gasteiger partial charge < -0.3 is 10.2 Å². The molecule has 0 spiro atoms. The summed E-state index contributed by atoms with van der Waals surface area (Å²) < 4.78 is 38.4. The van der Waals surface area contributed by atoms with E-state index >= 15 is 0 Å². The SMILES string of the molecule is CCC.CO.O=C(Nc1nc2ccc(C(F)(F)F)cc2s1)c1cc(Cl)ccc1O. The fraction of sp³-hybridized carbons (Fsp3) is 0.263. The van der Waals surface area contributed by atoms with Crippen LogP contribution in [-0.4, -0.2) is 28.2 Å². The number of fused-ring (bicyclic) bond motifs is 1. The Morgan fingerprint density at radius 3 is 2.38 bits per heavy atom. The average molecular weight is 449 g/mol. The number of aromatic hydroxyl groups is 1. The Kier molecular flexibility index (Phi) is 9.35. The van der Waals surface area contributed by atoms with E-state index in [9.17, 15) is 23.1 Å². The molecule has 0 aliphatic rings. The van der Waals surface area contributed by atoms with E-state index in [1.807, 2.05) is 0 Å². The number of amides is 1. The van der Waals surface area contributed by atoms with Crippen molar-refractivity contribution < 1.29 is 28.2 Å². The Morgan fingerprint density at radius 2 is 1.79 bits per heavy atom. The molecule has 3 rings (SSSR count). The van der Waals surface area contributed by atoms with E-state index in [4.69, 9.17) is 16.7 Å². The highest BCUT2D eigenvalue weighted by Gasteiger charge is 2.30.